The van der Waals surface area contributed by atoms with E-state index in [0.29, 0.717) is 37.6 Å². The zero-order chi connectivity index (χ0) is 33.0. The van der Waals surface area contributed by atoms with Gasteiger partial charge in [-0.2, -0.15) is 8.42 Å². The summed E-state index contributed by atoms with van der Waals surface area (Å²) in [5.41, 5.74) is 7.65. The van der Waals surface area contributed by atoms with Crippen molar-refractivity contribution in [1.82, 2.24) is 0 Å². The molecule has 45 heavy (non-hydrogen) atoms. The molecule has 0 saturated heterocycles. The zero-order valence-electron chi connectivity index (χ0n) is 26.0. The fourth-order valence-corrected chi connectivity index (χ4v) is 5.16. The van der Waals surface area contributed by atoms with Crippen LogP contribution in [-0.4, -0.2) is 43.9 Å². The predicted octanol–water partition coefficient (Wildman–Crippen LogP) is 7.40. The van der Waals surface area contributed by atoms with Crippen LogP contribution >= 0.6 is 0 Å². The average molecular weight is 638 g/mol. The summed E-state index contributed by atoms with van der Waals surface area (Å²) in [6.45, 7) is 10.3. The van der Waals surface area contributed by atoms with Crippen LogP contribution in [0.5, 0.6) is 5.75 Å². The molecule has 0 aliphatic rings. The number of halogens is 1. The Morgan fingerprint density at radius 1 is 0.911 bits per heavy atom. The first-order valence-electron chi connectivity index (χ1n) is 14.6. The lowest BCUT2D eigenvalue weighted by atomic mass is 9.94. The third kappa shape index (κ3) is 11.3. The lowest BCUT2D eigenvalue weighted by Gasteiger charge is -2.15. The van der Waals surface area contributed by atoms with Gasteiger partial charge in [-0.25, -0.2) is 4.39 Å². The summed E-state index contributed by atoms with van der Waals surface area (Å²) in [7, 11) is -4.02. The Labute approximate surface area is 264 Å². The van der Waals surface area contributed by atoms with Crippen LogP contribution in [0.3, 0.4) is 0 Å². The highest BCUT2D eigenvalue weighted by Crippen LogP contribution is 2.32. The van der Waals surface area contributed by atoms with Crippen molar-refractivity contribution < 1.29 is 36.7 Å². The number of carboxylic acid groups (broad SMARTS) is 1. The lowest BCUT2D eigenvalue weighted by molar-refractivity contribution is -0.136. The molecule has 0 saturated carbocycles. The molecule has 0 amide bonds. The van der Waals surface area contributed by atoms with Gasteiger partial charge in [0.05, 0.1) is 11.5 Å². The minimum atomic E-state index is -4.02. The van der Waals surface area contributed by atoms with Crippen molar-refractivity contribution in [2.45, 2.75) is 52.0 Å². The van der Waals surface area contributed by atoms with Gasteiger partial charge in [-0.3, -0.25) is 9.35 Å². The highest BCUT2D eigenvalue weighted by Gasteiger charge is 2.11. The van der Waals surface area contributed by atoms with E-state index in [0.717, 1.165) is 33.6 Å². The maximum absolute atomic E-state index is 14.3. The number of nitrogens with one attached hydrogen (secondary N) is 1. The fourth-order valence-electron chi connectivity index (χ4n) is 4.68. The summed E-state index contributed by atoms with van der Waals surface area (Å²) in [5, 5.41) is 12.0. The SMILES string of the molecule is CCOCCOc1cc(C)c(-c2cccc(CNc3ccc(CCC(=O)O)c(F)c3)c2)c(C)c1.Cc1ccc(S(=O)(=O)O)cc1. The molecule has 8 nitrogen and oxygen atoms in total. The quantitative estimate of drug-likeness (QED) is 0.102. The van der Waals surface area contributed by atoms with Crippen LogP contribution in [0, 0.1) is 26.6 Å². The van der Waals surface area contributed by atoms with Crippen molar-refractivity contribution in [3.05, 3.63) is 112 Å². The molecule has 10 heteroatoms. The minimum absolute atomic E-state index is 0.0666. The molecule has 4 rings (SSSR count). The van der Waals surface area contributed by atoms with Gasteiger partial charge >= 0.3 is 5.97 Å². The first-order chi connectivity index (χ1) is 21.4. The average Bonchev–Trinajstić information content (AvgIpc) is 2.98. The van der Waals surface area contributed by atoms with Gasteiger partial charge in [0.15, 0.2) is 0 Å². The van der Waals surface area contributed by atoms with Gasteiger partial charge < -0.3 is 19.9 Å². The number of rotatable bonds is 13. The standard InChI is InChI=1S/C28H32FNO4.C7H8O3S/c1-4-33-12-13-34-25-14-19(2)28(20(3)15-25)23-7-5-6-21(16-23)18-30-24-10-8-22(26(29)17-24)9-11-27(31)32;1-6-2-4-7(5-3-6)11(8,9)10/h5-8,10,14-17,30H,4,9,11-13,18H2,1-3H3,(H,31,32);2-5H,1H3,(H,8,9,10). The molecule has 3 N–H and O–H groups in total. The van der Waals surface area contributed by atoms with E-state index in [4.69, 9.17) is 19.1 Å². The normalized spacial score (nSPS) is 11.0. The molecule has 0 unspecified atom stereocenters. The molecule has 0 aromatic heterocycles. The molecule has 240 valence electrons. The summed E-state index contributed by atoms with van der Waals surface area (Å²) in [5.74, 6) is -0.490. The topological polar surface area (TPSA) is 122 Å². The molecule has 0 fully saturated rings. The van der Waals surface area contributed by atoms with Crippen molar-refractivity contribution in [3.63, 3.8) is 0 Å². The number of carbonyl (C=O) groups is 1. The van der Waals surface area contributed by atoms with Crippen LogP contribution in [-0.2, 0) is 32.6 Å². The highest BCUT2D eigenvalue weighted by molar-refractivity contribution is 7.85. The largest absolute Gasteiger partial charge is 0.491 e. The third-order valence-electron chi connectivity index (χ3n) is 6.90. The van der Waals surface area contributed by atoms with Crippen molar-refractivity contribution in [3.8, 4) is 16.9 Å². The third-order valence-corrected chi connectivity index (χ3v) is 7.77. The monoisotopic (exact) mass is 637 g/mol. The van der Waals surface area contributed by atoms with Gasteiger partial charge in [0.1, 0.15) is 18.2 Å². The maximum Gasteiger partial charge on any atom is 0.303 e. The molecule has 0 aliphatic heterocycles. The Bertz CT molecular complexity index is 1670. The van der Waals surface area contributed by atoms with Crippen LogP contribution in [0.15, 0.2) is 83.8 Å². The van der Waals surface area contributed by atoms with Crippen LogP contribution in [0.2, 0.25) is 0 Å². The van der Waals surface area contributed by atoms with Gasteiger partial charge in [-0.05, 0) is 110 Å². The van der Waals surface area contributed by atoms with Gasteiger partial charge in [0.25, 0.3) is 10.1 Å². The van der Waals surface area contributed by atoms with Crippen molar-refractivity contribution in [1.29, 1.82) is 0 Å². The summed E-state index contributed by atoms with van der Waals surface area (Å²) in [4.78, 5) is 10.7. The number of hydrogen-bond donors (Lipinski definition) is 3. The van der Waals surface area contributed by atoms with Gasteiger partial charge in [0.2, 0.25) is 0 Å². The molecule has 4 aromatic carbocycles. The molecule has 0 aliphatic carbocycles. The van der Waals surface area contributed by atoms with Crippen LogP contribution in [0.25, 0.3) is 11.1 Å². The first-order valence-corrected chi connectivity index (χ1v) is 16.0. The number of ether oxygens (including phenoxy) is 2. The summed E-state index contributed by atoms with van der Waals surface area (Å²) < 4.78 is 55.0. The van der Waals surface area contributed by atoms with Gasteiger partial charge in [-0.1, -0.05) is 42.0 Å². The minimum Gasteiger partial charge on any atom is -0.491 e. The van der Waals surface area contributed by atoms with Crippen molar-refractivity contribution in [2.24, 2.45) is 0 Å². The number of benzene rings is 4. The number of carboxylic acids is 1. The van der Waals surface area contributed by atoms with Gasteiger partial charge in [0, 0.05) is 25.3 Å². The number of anilines is 1. The second kappa shape index (κ2) is 16.7. The first kappa shape index (κ1) is 35.2. The fraction of sp³-hybridized carbons (Fsp3) is 0.286. The lowest BCUT2D eigenvalue weighted by Crippen LogP contribution is -2.06. The van der Waals surface area contributed by atoms with Gasteiger partial charge in [-0.15, -0.1) is 0 Å². The van der Waals surface area contributed by atoms with E-state index in [1.165, 1.54) is 23.8 Å². The second-order valence-corrected chi connectivity index (χ2v) is 11.9. The van der Waals surface area contributed by atoms with E-state index in [9.17, 15) is 17.6 Å². The van der Waals surface area contributed by atoms with Crippen molar-refractivity contribution >= 4 is 21.8 Å². The van der Waals surface area contributed by atoms with Crippen LogP contribution in [0.4, 0.5) is 10.1 Å². The summed E-state index contributed by atoms with van der Waals surface area (Å²) >= 11 is 0. The molecule has 0 spiro atoms. The maximum atomic E-state index is 14.3. The molecule has 0 heterocycles. The summed E-state index contributed by atoms with van der Waals surface area (Å²) in [6, 6.07) is 23.2. The molecule has 0 atom stereocenters. The Hall–Kier alpha value is -4.25. The smallest absolute Gasteiger partial charge is 0.303 e. The molecular weight excluding hydrogens is 597 g/mol. The number of hydrogen-bond acceptors (Lipinski definition) is 6. The number of aryl methyl sites for hydroxylation is 4. The van der Waals surface area contributed by atoms with E-state index in [1.807, 2.05) is 38.1 Å². The van der Waals surface area contributed by atoms with Crippen molar-refractivity contribution in [2.75, 3.05) is 25.1 Å². The number of aliphatic carboxylic acids is 1. The summed E-state index contributed by atoms with van der Waals surface area (Å²) in [6.07, 6.45) is 0.0915. The second-order valence-electron chi connectivity index (χ2n) is 10.5. The molecule has 0 bridgehead atoms. The van der Waals surface area contributed by atoms with Crippen LogP contribution < -0.4 is 10.1 Å². The van der Waals surface area contributed by atoms with E-state index in [1.54, 1.807) is 24.3 Å². The Morgan fingerprint density at radius 2 is 1.60 bits per heavy atom. The van der Waals surface area contributed by atoms with E-state index in [-0.39, 0.29) is 17.7 Å². The highest BCUT2D eigenvalue weighted by atomic mass is 32.2. The Balaban J connectivity index is 0.000000423. The predicted molar refractivity (Wildman–Crippen MR) is 174 cm³/mol. The zero-order valence-corrected chi connectivity index (χ0v) is 26.8. The molecule has 4 aromatic rings. The molecule has 0 radical (unpaired) electrons. The molecular formula is C35H40FNO7S. The van der Waals surface area contributed by atoms with Crippen LogP contribution in [0.1, 0.15) is 41.2 Å². The van der Waals surface area contributed by atoms with E-state index >= 15 is 0 Å². The Morgan fingerprint density at radius 3 is 2.20 bits per heavy atom. The van der Waals surface area contributed by atoms with E-state index in [2.05, 4.69) is 31.3 Å². The van der Waals surface area contributed by atoms with E-state index < -0.39 is 21.9 Å². The Kier molecular flexibility index (Phi) is 13.1.